The third kappa shape index (κ3) is 3.44. The van der Waals surface area contributed by atoms with E-state index in [0.717, 1.165) is 32.7 Å². The topological polar surface area (TPSA) is 42.0 Å². The van der Waals surface area contributed by atoms with Gasteiger partial charge in [-0.15, -0.1) is 6.42 Å². The fourth-order valence-corrected chi connectivity index (χ4v) is 2.79. The standard InChI is InChI=1S/C15H24N2O3/c1-5-12-13(16-8-10-19-11-9-16)6-7-17(12)14(18)20-15(2,3)4/h1,12-13H,6-11H2,2-4H3/t12-,13+/m1/s1. The monoisotopic (exact) mass is 280 g/mol. The molecule has 2 aliphatic rings. The lowest BCUT2D eigenvalue weighted by Gasteiger charge is -2.35. The molecule has 0 saturated carbocycles. The quantitative estimate of drug-likeness (QED) is 0.680. The van der Waals surface area contributed by atoms with Crippen molar-refractivity contribution in [1.82, 2.24) is 9.80 Å². The molecule has 2 rings (SSSR count). The van der Waals surface area contributed by atoms with Gasteiger partial charge in [0.15, 0.2) is 0 Å². The van der Waals surface area contributed by atoms with Crippen molar-refractivity contribution >= 4 is 6.09 Å². The highest BCUT2D eigenvalue weighted by Gasteiger charge is 2.41. The summed E-state index contributed by atoms with van der Waals surface area (Å²) >= 11 is 0. The maximum absolute atomic E-state index is 12.2. The molecular weight excluding hydrogens is 256 g/mol. The number of hydrogen-bond acceptors (Lipinski definition) is 4. The lowest BCUT2D eigenvalue weighted by molar-refractivity contribution is 0.00609. The van der Waals surface area contributed by atoms with Crippen molar-refractivity contribution in [3.05, 3.63) is 0 Å². The first-order valence-electron chi connectivity index (χ1n) is 7.20. The van der Waals surface area contributed by atoms with Gasteiger partial charge in [0.1, 0.15) is 11.6 Å². The molecule has 0 spiro atoms. The van der Waals surface area contributed by atoms with Crippen molar-refractivity contribution in [3.63, 3.8) is 0 Å². The second-order valence-corrected chi connectivity index (χ2v) is 6.29. The van der Waals surface area contributed by atoms with Crippen LogP contribution in [0.1, 0.15) is 27.2 Å². The van der Waals surface area contributed by atoms with Gasteiger partial charge in [0.2, 0.25) is 0 Å². The molecule has 0 bridgehead atoms. The van der Waals surface area contributed by atoms with E-state index in [1.165, 1.54) is 0 Å². The summed E-state index contributed by atoms with van der Waals surface area (Å²) in [6.07, 6.45) is 6.25. The summed E-state index contributed by atoms with van der Waals surface area (Å²) in [5, 5.41) is 0. The molecule has 0 aromatic rings. The Bertz CT molecular complexity index is 391. The number of likely N-dealkylation sites (tertiary alicyclic amines) is 1. The van der Waals surface area contributed by atoms with Gasteiger partial charge in [-0.3, -0.25) is 9.80 Å². The number of carbonyl (C=O) groups excluding carboxylic acids is 1. The fourth-order valence-electron chi connectivity index (χ4n) is 2.79. The summed E-state index contributed by atoms with van der Waals surface area (Å²) in [7, 11) is 0. The number of terminal acetylenes is 1. The maximum atomic E-state index is 12.2. The van der Waals surface area contributed by atoms with E-state index in [-0.39, 0.29) is 18.2 Å². The minimum atomic E-state index is -0.493. The molecule has 0 unspecified atom stereocenters. The van der Waals surface area contributed by atoms with Gasteiger partial charge >= 0.3 is 6.09 Å². The first-order chi connectivity index (χ1) is 9.42. The number of carbonyl (C=O) groups is 1. The van der Waals surface area contributed by atoms with Gasteiger partial charge < -0.3 is 9.47 Å². The van der Waals surface area contributed by atoms with Crippen LogP contribution in [-0.4, -0.2) is 66.4 Å². The largest absolute Gasteiger partial charge is 0.444 e. The SMILES string of the molecule is C#C[C@@H]1[C@@H](N2CCOCC2)CCN1C(=O)OC(C)(C)C. The second kappa shape index (κ2) is 6.02. The van der Waals surface area contributed by atoms with Gasteiger partial charge in [-0.2, -0.15) is 0 Å². The highest BCUT2D eigenvalue weighted by atomic mass is 16.6. The lowest BCUT2D eigenvalue weighted by atomic mass is 10.1. The summed E-state index contributed by atoms with van der Waals surface area (Å²) in [5.41, 5.74) is -0.493. The molecule has 2 fully saturated rings. The summed E-state index contributed by atoms with van der Waals surface area (Å²) in [6, 6.07) is 0.0133. The molecule has 2 aliphatic heterocycles. The van der Waals surface area contributed by atoms with Gasteiger partial charge in [-0.25, -0.2) is 4.79 Å². The minimum Gasteiger partial charge on any atom is -0.444 e. The average molecular weight is 280 g/mol. The van der Waals surface area contributed by atoms with E-state index in [1.54, 1.807) is 4.90 Å². The normalized spacial score (nSPS) is 28.2. The zero-order valence-electron chi connectivity index (χ0n) is 12.6. The van der Waals surface area contributed by atoms with Crippen LogP contribution in [0.2, 0.25) is 0 Å². The highest BCUT2D eigenvalue weighted by molar-refractivity contribution is 5.69. The van der Waals surface area contributed by atoms with Crippen LogP contribution < -0.4 is 0 Å². The third-order valence-electron chi connectivity index (χ3n) is 3.68. The summed E-state index contributed by atoms with van der Waals surface area (Å²) < 4.78 is 10.8. The van der Waals surface area contributed by atoms with Crippen LogP contribution in [0.15, 0.2) is 0 Å². The molecule has 20 heavy (non-hydrogen) atoms. The van der Waals surface area contributed by atoms with Crippen molar-refractivity contribution < 1.29 is 14.3 Å². The highest BCUT2D eigenvalue weighted by Crippen LogP contribution is 2.25. The van der Waals surface area contributed by atoms with Crippen molar-refractivity contribution in [1.29, 1.82) is 0 Å². The van der Waals surface area contributed by atoms with E-state index in [0.29, 0.717) is 6.54 Å². The summed E-state index contributed by atoms with van der Waals surface area (Å²) in [4.78, 5) is 16.2. The second-order valence-electron chi connectivity index (χ2n) is 6.29. The smallest absolute Gasteiger partial charge is 0.411 e. The van der Waals surface area contributed by atoms with Gasteiger partial charge in [-0.1, -0.05) is 5.92 Å². The molecule has 0 aromatic carbocycles. The molecule has 5 heteroatoms. The van der Waals surface area contributed by atoms with Gasteiger partial charge in [-0.05, 0) is 27.2 Å². The molecular formula is C15H24N2O3. The maximum Gasteiger partial charge on any atom is 0.411 e. The Balaban J connectivity index is 2.02. The predicted octanol–water partition coefficient (Wildman–Crippen LogP) is 1.33. The lowest BCUT2D eigenvalue weighted by Crippen LogP contribution is -2.50. The van der Waals surface area contributed by atoms with Gasteiger partial charge in [0, 0.05) is 25.7 Å². The molecule has 2 saturated heterocycles. The number of rotatable bonds is 1. The number of ether oxygens (including phenoxy) is 2. The van der Waals surface area contributed by atoms with Crippen LogP contribution in [0.5, 0.6) is 0 Å². The first-order valence-corrected chi connectivity index (χ1v) is 7.20. The Labute approximate surface area is 121 Å². The first kappa shape index (κ1) is 15.1. The van der Waals surface area contributed by atoms with Crippen LogP contribution in [0.25, 0.3) is 0 Å². The molecule has 5 nitrogen and oxygen atoms in total. The van der Waals surface area contributed by atoms with Crippen LogP contribution in [0.4, 0.5) is 4.79 Å². The van der Waals surface area contributed by atoms with E-state index in [4.69, 9.17) is 15.9 Å². The number of amides is 1. The van der Waals surface area contributed by atoms with Crippen LogP contribution in [0.3, 0.4) is 0 Å². The molecule has 0 aromatic heterocycles. The van der Waals surface area contributed by atoms with Crippen LogP contribution >= 0.6 is 0 Å². The van der Waals surface area contributed by atoms with Crippen molar-refractivity contribution in [2.75, 3.05) is 32.8 Å². The molecule has 1 amide bonds. The van der Waals surface area contributed by atoms with Gasteiger partial charge in [0.25, 0.3) is 0 Å². The molecule has 2 heterocycles. The van der Waals surface area contributed by atoms with E-state index < -0.39 is 5.60 Å². The predicted molar refractivity (Wildman–Crippen MR) is 76.4 cm³/mol. The Hall–Kier alpha value is -1.25. The zero-order chi connectivity index (χ0) is 14.8. The number of hydrogen-bond donors (Lipinski definition) is 0. The number of morpholine rings is 1. The number of nitrogens with zero attached hydrogens (tertiary/aromatic N) is 2. The average Bonchev–Trinajstić information content (AvgIpc) is 2.81. The van der Waals surface area contributed by atoms with Crippen molar-refractivity contribution in [2.45, 2.75) is 44.9 Å². The van der Waals surface area contributed by atoms with E-state index >= 15 is 0 Å². The summed E-state index contributed by atoms with van der Waals surface area (Å²) in [5.74, 6) is 2.77. The Morgan fingerprint density at radius 3 is 2.50 bits per heavy atom. The molecule has 2 atom stereocenters. The van der Waals surface area contributed by atoms with Crippen molar-refractivity contribution in [2.24, 2.45) is 0 Å². The van der Waals surface area contributed by atoms with Crippen molar-refractivity contribution in [3.8, 4) is 12.3 Å². The van der Waals surface area contributed by atoms with E-state index in [9.17, 15) is 4.79 Å². The summed E-state index contributed by atoms with van der Waals surface area (Å²) in [6.45, 7) is 9.49. The Kier molecular flexibility index (Phi) is 4.56. The molecule has 112 valence electrons. The fraction of sp³-hybridized carbons (Fsp3) is 0.800. The molecule has 0 aliphatic carbocycles. The minimum absolute atomic E-state index is 0.206. The Morgan fingerprint density at radius 1 is 1.30 bits per heavy atom. The molecule has 0 radical (unpaired) electrons. The van der Waals surface area contributed by atoms with E-state index in [2.05, 4.69) is 10.8 Å². The Morgan fingerprint density at radius 2 is 1.95 bits per heavy atom. The van der Waals surface area contributed by atoms with Crippen LogP contribution in [0, 0.1) is 12.3 Å². The van der Waals surface area contributed by atoms with Gasteiger partial charge in [0.05, 0.1) is 13.2 Å². The zero-order valence-corrected chi connectivity index (χ0v) is 12.6. The van der Waals surface area contributed by atoms with Crippen LogP contribution in [-0.2, 0) is 9.47 Å². The molecule has 0 N–H and O–H groups in total. The third-order valence-corrected chi connectivity index (χ3v) is 3.68. The van der Waals surface area contributed by atoms with E-state index in [1.807, 2.05) is 20.8 Å².